The van der Waals surface area contributed by atoms with Crippen LogP contribution in [0.2, 0.25) is 5.02 Å². The predicted molar refractivity (Wildman–Crippen MR) is 96.3 cm³/mol. The Labute approximate surface area is 148 Å². The number of H-pyrrole nitrogens is 1. The largest absolute Gasteiger partial charge is 0.307 e. The van der Waals surface area contributed by atoms with E-state index in [-0.39, 0.29) is 19.2 Å². The lowest BCUT2D eigenvalue weighted by molar-refractivity contribution is 0.630. The molecular weight excluding hydrogens is 343 g/mol. The van der Waals surface area contributed by atoms with Gasteiger partial charge < -0.3 is 5.32 Å². The molecule has 0 bridgehead atoms. The fourth-order valence-corrected chi connectivity index (χ4v) is 2.54. The van der Waals surface area contributed by atoms with Crippen molar-refractivity contribution in [3.05, 3.63) is 59.6 Å². The van der Waals surface area contributed by atoms with Gasteiger partial charge in [-0.15, -0.1) is 0 Å². The van der Waals surface area contributed by atoms with Crippen LogP contribution in [0.3, 0.4) is 0 Å². The summed E-state index contributed by atoms with van der Waals surface area (Å²) in [4.78, 5) is 12.6. The topological polar surface area (TPSA) is 79.4 Å². The van der Waals surface area contributed by atoms with Crippen LogP contribution in [0.5, 0.6) is 0 Å². The third-order valence-electron chi connectivity index (χ3n) is 3.44. The van der Waals surface area contributed by atoms with Gasteiger partial charge in [0.2, 0.25) is 5.95 Å². The minimum Gasteiger partial charge on any atom is -0.307 e. The molecule has 2 aromatic heterocycles. The number of aromatic nitrogens is 5. The lowest BCUT2D eigenvalue weighted by Gasteiger charge is -2.05. The zero-order chi connectivity index (χ0) is 16.5. The van der Waals surface area contributed by atoms with Gasteiger partial charge in [0.05, 0.1) is 10.5 Å². The average Bonchev–Trinajstić information content (AvgIpc) is 2.98. The van der Waals surface area contributed by atoms with Gasteiger partial charge in [-0.3, -0.25) is 5.10 Å². The van der Waals surface area contributed by atoms with E-state index in [4.69, 9.17) is 11.6 Å². The molecule has 0 amide bonds. The van der Waals surface area contributed by atoms with E-state index in [1.165, 1.54) is 18.5 Å². The summed E-state index contributed by atoms with van der Waals surface area (Å²) in [6, 6.07) is 11.6. The van der Waals surface area contributed by atoms with Crippen molar-refractivity contribution in [2.45, 2.75) is 7.43 Å². The first-order valence-electron chi connectivity index (χ1n) is 7.05. The Kier molecular flexibility index (Phi) is 4.58. The van der Waals surface area contributed by atoms with Gasteiger partial charge >= 0.3 is 0 Å². The van der Waals surface area contributed by atoms with E-state index in [0.717, 1.165) is 0 Å². The molecule has 0 aliphatic heterocycles. The molecule has 6 nitrogen and oxygen atoms in total. The highest BCUT2D eigenvalue weighted by atomic mass is 35.5. The number of aromatic amines is 1. The van der Waals surface area contributed by atoms with Crippen LogP contribution in [0.25, 0.3) is 22.3 Å². The number of halogens is 2. The summed E-state index contributed by atoms with van der Waals surface area (Å²) in [5.74, 6) is 0.807. The SMILES string of the molecule is C.Fc1ccc2[nH]nc(Nc3ncnc(-c4ccccc4Cl)n3)c2c1. The van der Waals surface area contributed by atoms with Gasteiger partial charge in [0, 0.05) is 10.9 Å². The molecule has 0 saturated heterocycles. The molecule has 4 aromatic rings. The number of hydrogen-bond acceptors (Lipinski definition) is 5. The predicted octanol–water partition coefficient (Wildman–Crippen LogP) is 4.59. The average molecular weight is 357 g/mol. The highest BCUT2D eigenvalue weighted by Gasteiger charge is 2.11. The Morgan fingerprint density at radius 3 is 2.76 bits per heavy atom. The van der Waals surface area contributed by atoms with Crippen LogP contribution in [0.15, 0.2) is 48.8 Å². The molecule has 0 atom stereocenters. The van der Waals surface area contributed by atoms with E-state index in [9.17, 15) is 4.39 Å². The Morgan fingerprint density at radius 2 is 1.92 bits per heavy atom. The monoisotopic (exact) mass is 356 g/mol. The summed E-state index contributed by atoms with van der Waals surface area (Å²) in [5, 5.41) is 11.1. The van der Waals surface area contributed by atoms with Gasteiger partial charge in [-0.1, -0.05) is 31.2 Å². The molecular formula is C17H14ClFN6. The normalized spacial score (nSPS) is 10.5. The van der Waals surface area contributed by atoms with E-state index in [2.05, 4.69) is 30.5 Å². The van der Waals surface area contributed by atoms with Gasteiger partial charge in [0.25, 0.3) is 0 Å². The Bertz CT molecular complexity index is 1030. The first kappa shape index (κ1) is 16.8. The third kappa shape index (κ3) is 3.27. The summed E-state index contributed by atoms with van der Waals surface area (Å²) < 4.78 is 13.4. The summed E-state index contributed by atoms with van der Waals surface area (Å²) >= 11 is 6.17. The number of hydrogen-bond donors (Lipinski definition) is 2. The van der Waals surface area contributed by atoms with Crippen LogP contribution >= 0.6 is 11.6 Å². The van der Waals surface area contributed by atoms with E-state index in [1.807, 2.05) is 18.2 Å². The van der Waals surface area contributed by atoms with Crippen molar-refractivity contribution in [3.8, 4) is 11.4 Å². The van der Waals surface area contributed by atoms with Crippen molar-refractivity contribution in [1.29, 1.82) is 0 Å². The van der Waals surface area contributed by atoms with Crippen molar-refractivity contribution >= 4 is 34.3 Å². The lowest BCUT2D eigenvalue weighted by Crippen LogP contribution is -2.00. The minimum absolute atomic E-state index is 0. The second-order valence-electron chi connectivity index (χ2n) is 5.00. The van der Waals surface area contributed by atoms with E-state index in [1.54, 1.807) is 12.1 Å². The fraction of sp³-hybridized carbons (Fsp3) is 0.0588. The molecule has 0 aliphatic carbocycles. The quantitative estimate of drug-likeness (QED) is 0.561. The van der Waals surface area contributed by atoms with E-state index in [0.29, 0.717) is 33.1 Å². The lowest BCUT2D eigenvalue weighted by atomic mass is 10.2. The van der Waals surface area contributed by atoms with Gasteiger partial charge in [-0.25, -0.2) is 14.4 Å². The molecule has 0 aliphatic rings. The van der Waals surface area contributed by atoms with Crippen molar-refractivity contribution in [2.75, 3.05) is 5.32 Å². The molecule has 2 aromatic carbocycles. The molecule has 0 unspecified atom stereocenters. The number of benzene rings is 2. The zero-order valence-corrected chi connectivity index (χ0v) is 12.9. The number of nitrogens with one attached hydrogen (secondary N) is 2. The van der Waals surface area contributed by atoms with Gasteiger partial charge in [-0.05, 0) is 30.3 Å². The maximum absolute atomic E-state index is 13.4. The molecule has 2 heterocycles. The van der Waals surface area contributed by atoms with E-state index < -0.39 is 0 Å². The summed E-state index contributed by atoms with van der Waals surface area (Å²) in [7, 11) is 0. The van der Waals surface area contributed by atoms with Crippen LogP contribution < -0.4 is 5.32 Å². The van der Waals surface area contributed by atoms with Crippen LogP contribution in [-0.4, -0.2) is 25.1 Å². The van der Waals surface area contributed by atoms with E-state index >= 15 is 0 Å². The second-order valence-corrected chi connectivity index (χ2v) is 5.41. The molecule has 126 valence electrons. The molecule has 4 rings (SSSR count). The second kappa shape index (κ2) is 6.82. The number of anilines is 2. The van der Waals surface area contributed by atoms with Gasteiger partial charge in [-0.2, -0.15) is 10.1 Å². The third-order valence-corrected chi connectivity index (χ3v) is 3.77. The molecule has 0 spiro atoms. The summed E-state index contributed by atoms with van der Waals surface area (Å²) in [5.41, 5.74) is 1.40. The van der Waals surface area contributed by atoms with Crippen molar-refractivity contribution < 1.29 is 4.39 Å². The summed E-state index contributed by atoms with van der Waals surface area (Å²) in [6.45, 7) is 0. The first-order valence-corrected chi connectivity index (χ1v) is 7.43. The van der Waals surface area contributed by atoms with Crippen LogP contribution in [0.4, 0.5) is 16.2 Å². The van der Waals surface area contributed by atoms with Crippen LogP contribution in [-0.2, 0) is 0 Å². The molecule has 8 heteroatoms. The molecule has 2 N–H and O–H groups in total. The number of fused-ring (bicyclic) bond motifs is 1. The minimum atomic E-state index is -0.348. The molecule has 0 saturated carbocycles. The highest BCUT2D eigenvalue weighted by Crippen LogP contribution is 2.26. The van der Waals surface area contributed by atoms with Crippen molar-refractivity contribution in [3.63, 3.8) is 0 Å². The summed E-state index contributed by atoms with van der Waals surface area (Å²) in [6.07, 6.45) is 1.38. The Balaban J connectivity index is 0.00000182. The van der Waals surface area contributed by atoms with Crippen LogP contribution in [0, 0.1) is 5.82 Å². The van der Waals surface area contributed by atoms with Gasteiger partial charge in [0.15, 0.2) is 11.6 Å². The van der Waals surface area contributed by atoms with Crippen molar-refractivity contribution in [1.82, 2.24) is 25.1 Å². The Hall–Kier alpha value is -3.06. The smallest absolute Gasteiger partial charge is 0.231 e. The maximum Gasteiger partial charge on any atom is 0.231 e. The molecule has 0 fully saturated rings. The van der Waals surface area contributed by atoms with Gasteiger partial charge in [0.1, 0.15) is 12.1 Å². The molecule has 25 heavy (non-hydrogen) atoms. The molecule has 0 radical (unpaired) electrons. The van der Waals surface area contributed by atoms with Crippen molar-refractivity contribution in [2.24, 2.45) is 0 Å². The number of rotatable bonds is 3. The fourth-order valence-electron chi connectivity index (χ4n) is 2.32. The first-order chi connectivity index (χ1) is 11.7. The highest BCUT2D eigenvalue weighted by molar-refractivity contribution is 6.33. The maximum atomic E-state index is 13.4. The Morgan fingerprint density at radius 1 is 1.08 bits per heavy atom. The van der Waals surface area contributed by atoms with Crippen LogP contribution in [0.1, 0.15) is 7.43 Å². The standard InChI is InChI=1S/C16H10ClFN6.CH4/c17-12-4-2-1-3-10(12)14-19-8-20-16(21-14)22-15-11-7-9(18)5-6-13(11)23-24-15;/h1-8H,(H2,19,20,21,22,23,24);1H4. The zero-order valence-electron chi connectivity index (χ0n) is 12.2. The number of nitrogens with zero attached hydrogens (tertiary/aromatic N) is 4.